The summed E-state index contributed by atoms with van der Waals surface area (Å²) in [5.74, 6) is 0. The summed E-state index contributed by atoms with van der Waals surface area (Å²) < 4.78 is 8.00. The number of carbonyl (C=O) groups is 1. The molecule has 1 aliphatic carbocycles. The maximum absolute atomic E-state index is 11.4. The Hall–Kier alpha value is -3.49. The number of nitrogens with zero attached hydrogens (tertiary/aromatic N) is 3. The Morgan fingerprint density at radius 2 is 1.84 bits per heavy atom. The molecule has 37 heavy (non-hydrogen) atoms. The van der Waals surface area contributed by atoms with Gasteiger partial charge in [0.15, 0.2) is 0 Å². The fourth-order valence-corrected chi connectivity index (χ4v) is 6.00. The van der Waals surface area contributed by atoms with Gasteiger partial charge in [-0.25, -0.2) is 14.8 Å². The van der Waals surface area contributed by atoms with Crippen molar-refractivity contribution in [3.8, 4) is 11.3 Å². The van der Waals surface area contributed by atoms with E-state index in [4.69, 9.17) is 4.74 Å². The van der Waals surface area contributed by atoms with Gasteiger partial charge >= 0.3 is 6.09 Å². The summed E-state index contributed by atoms with van der Waals surface area (Å²) in [7, 11) is -1.14. The second-order valence-electron chi connectivity index (χ2n) is 11.2. The highest BCUT2D eigenvalue weighted by molar-refractivity contribution is 6.76. The number of nitrogens with one attached hydrogen (secondary N) is 1. The molecule has 2 heterocycles. The number of hydrogen-bond donors (Lipinski definition) is 2. The molecule has 0 unspecified atom stereocenters. The molecule has 2 N–H and O–H groups in total. The van der Waals surface area contributed by atoms with Crippen LogP contribution in [0, 0.1) is 0 Å². The summed E-state index contributed by atoms with van der Waals surface area (Å²) in [6.07, 6.45) is 4.19. The van der Waals surface area contributed by atoms with Gasteiger partial charge < -0.3 is 19.7 Å². The van der Waals surface area contributed by atoms with Crippen molar-refractivity contribution >= 4 is 25.2 Å². The first-order chi connectivity index (χ1) is 17.7. The van der Waals surface area contributed by atoms with Crippen LogP contribution in [0.1, 0.15) is 16.7 Å². The summed E-state index contributed by atoms with van der Waals surface area (Å²) in [4.78, 5) is 20.6. The van der Waals surface area contributed by atoms with Crippen molar-refractivity contribution in [1.29, 1.82) is 0 Å². The lowest BCUT2D eigenvalue weighted by molar-refractivity contribution is 0.0899. The van der Waals surface area contributed by atoms with Crippen LogP contribution in [0.25, 0.3) is 22.3 Å². The summed E-state index contributed by atoms with van der Waals surface area (Å²) in [6.45, 7) is 8.62. The van der Waals surface area contributed by atoms with E-state index in [9.17, 15) is 9.90 Å². The van der Waals surface area contributed by atoms with Crippen molar-refractivity contribution in [2.75, 3.05) is 13.2 Å². The van der Waals surface area contributed by atoms with Crippen molar-refractivity contribution in [1.82, 2.24) is 19.9 Å². The number of ether oxygens (including phenoxy) is 1. The van der Waals surface area contributed by atoms with E-state index >= 15 is 0 Å². The highest BCUT2D eigenvalue weighted by Gasteiger charge is 2.39. The third-order valence-corrected chi connectivity index (χ3v) is 8.99. The van der Waals surface area contributed by atoms with Crippen LogP contribution in [0.4, 0.5) is 4.79 Å². The van der Waals surface area contributed by atoms with Gasteiger partial charge in [0.2, 0.25) is 0 Å². The maximum Gasteiger partial charge on any atom is 0.404 e. The molecule has 0 saturated heterocycles. The molecular weight excluding hydrogens is 480 g/mol. The van der Waals surface area contributed by atoms with Crippen LogP contribution < -0.4 is 5.32 Å². The van der Waals surface area contributed by atoms with Gasteiger partial charge in [0.1, 0.15) is 18.7 Å². The maximum atomic E-state index is 11.4. The van der Waals surface area contributed by atoms with Gasteiger partial charge in [0, 0.05) is 43.8 Å². The molecule has 0 fully saturated rings. The largest absolute Gasteiger partial charge is 0.465 e. The van der Waals surface area contributed by atoms with Crippen LogP contribution in [0.15, 0.2) is 67.1 Å². The van der Waals surface area contributed by atoms with Crippen molar-refractivity contribution < 1.29 is 14.6 Å². The van der Waals surface area contributed by atoms with E-state index in [0.29, 0.717) is 13.3 Å². The lowest BCUT2D eigenvalue weighted by Crippen LogP contribution is -2.41. The Bertz CT molecular complexity index is 1400. The van der Waals surface area contributed by atoms with Crippen LogP contribution in [-0.4, -0.2) is 47.0 Å². The van der Waals surface area contributed by atoms with Crippen molar-refractivity contribution in [3.05, 3.63) is 83.8 Å². The van der Waals surface area contributed by atoms with Gasteiger partial charge in [-0.1, -0.05) is 62.1 Å². The Morgan fingerprint density at radius 3 is 2.54 bits per heavy atom. The highest BCUT2D eigenvalue weighted by Crippen LogP contribution is 2.41. The monoisotopic (exact) mass is 514 g/mol. The van der Waals surface area contributed by atoms with E-state index in [1.165, 1.54) is 11.1 Å². The lowest BCUT2D eigenvalue weighted by Gasteiger charge is -2.30. The van der Waals surface area contributed by atoms with Crippen molar-refractivity contribution in [2.24, 2.45) is 0 Å². The first-order valence-corrected chi connectivity index (χ1v) is 16.5. The first kappa shape index (κ1) is 25.2. The molecule has 0 bridgehead atoms. The number of hydrogen-bond acceptors (Lipinski definition) is 4. The molecule has 4 aromatic rings. The van der Waals surface area contributed by atoms with Gasteiger partial charge in [0.05, 0.1) is 5.69 Å². The molecule has 0 radical (unpaired) electrons. The molecule has 1 aliphatic rings. The van der Waals surface area contributed by atoms with Gasteiger partial charge in [-0.3, -0.25) is 0 Å². The normalized spacial score (nSPS) is 14.6. The number of amides is 1. The molecule has 2 aromatic carbocycles. The molecule has 5 rings (SSSR count). The minimum absolute atomic E-state index is 0.347. The first-order valence-electron chi connectivity index (χ1n) is 12.8. The number of carboxylic acid groups (broad SMARTS) is 1. The number of rotatable bonds is 9. The summed E-state index contributed by atoms with van der Waals surface area (Å²) >= 11 is 0. The Kier molecular flexibility index (Phi) is 6.87. The summed E-state index contributed by atoms with van der Waals surface area (Å²) in [5.41, 5.74) is 6.01. The second-order valence-corrected chi connectivity index (χ2v) is 16.9. The molecule has 0 atom stereocenters. The lowest BCUT2D eigenvalue weighted by atomic mass is 9.77. The predicted molar refractivity (Wildman–Crippen MR) is 149 cm³/mol. The van der Waals surface area contributed by atoms with Gasteiger partial charge in [-0.15, -0.1) is 0 Å². The Balaban J connectivity index is 1.45. The zero-order valence-corrected chi connectivity index (χ0v) is 22.7. The summed E-state index contributed by atoms with van der Waals surface area (Å²) in [6, 6.07) is 19.9. The van der Waals surface area contributed by atoms with E-state index in [0.717, 1.165) is 53.3 Å². The SMILES string of the molecule is C[Si](C)(C)CCOCn1ccc2c(-c3cccc(C4(CNC(=O)O)Cc5ccccc5C4)c3)ncnc21. The Morgan fingerprint density at radius 1 is 1.08 bits per heavy atom. The zero-order valence-electron chi connectivity index (χ0n) is 21.7. The predicted octanol–water partition coefficient (Wildman–Crippen LogP) is 5.71. The average Bonchev–Trinajstić information content (AvgIpc) is 3.47. The van der Waals surface area contributed by atoms with Crippen molar-refractivity contribution in [2.45, 2.75) is 50.7 Å². The van der Waals surface area contributed by atoms with Gasteiger partial charge in [-0.2, -0.15) is 0 Å². The van der Waals surface area contributed by atoms with Crippen molar-refractivity contribution in [3.63, 3.8) is 0 Å². The van der Waals surface area contributed by atoms with Gasteiger partial charge in [-0.05, 0) is 47.7 Å². The smallest absolute Gasteiger partial charge is 0.404 e. The third-order valence-electron chi connectivity index (χ3n) is 7.29. The van der Waals surface area contributed by atoms with Crippen LogP contribution in [0.3, 0.4) is 0 Å². The van der Waals surface area contributed by atoms with Gasteiger partial charge in [0.25, 0.3) is 0 Å². The number of benzene rings is 2. The molecule has 0 spiro atoms. The van der Waals surface area contributed by atoms with E-state index in [1.54, 1.807) is 6.33 Å². The highest BCUT2D eigenvalue weighted by atomic mass is 28.3. The summed E-state index contributed by atoms with van der Waals surface area (Å²) in [5, 5.41) is 13.0. The fraction of sp³-hybridized carbons (Fsp3) is 0.345. The molecule has 2 aromatic heterocycles. The minimum atomic E-state index is -1.14. The molecule has 0 saturated carbocycles. The van der Waals surface area contributed by atoms with E-state index in [1.807, 2.05) is 35.0 Å². The molecule has 8 heteroatoms. The number of aromatic nitrogens is 3. The van der Waals surface area contributed by atoms with E-state index < -0.39 is 14.2 Å². The van der Waals surface area contributed by atoms with Crippen LogP contribution in [0.2, 0.25) is 25.7 Å². The zero-order chi connectivity index (χ0) is 26.0. The molecule has 1 amide bonds. The second kappa shape index (κ2) is 10.1. The minimum Gasteiger partial charge on any atom is -0.465 e. The topological polar surface area (TPSA) is 89.3 Å². The third kappa shape index (κ3) is 5.45. The van der Waals surface area contributed by atoms with Crippen LogP contribution in [0.5, 0.6) is 0 Å². The van der Waals surface area contributed by atoms with E-state index in [-0.39, 0.29) is 5.41 Å². The average molecular weight is 515 g/mol. The van der Waals surface area contributed by atoms with E-state index in [2.05, 4.69) is 65.3 Å². The molecule has 192 valence electrons. The molecule has 0 aliphatic heterocycles. The fourth-order valence-electron chi connectivity index (χ4n) is 5.25. The molecular formula is C29H34N4O3Si. The van der Waals surface area contributed by atoms with Crippen LogP contribution >= 0.6 is 0 Å². The number of fused-ring (bicyclic) bond motifs is 2. The quantitative estimate of drug-likeness (QED) is 0.220. The molecule has 7 nitrogen and oxygen atoms in total. The standard InChI is InChI=1S/C29H34N4O3Si/c1-37(2,3)14-13-36-20-33-12-11-25-26(31-19-32-27(25)33)21-9-6-10-24(15-21)29(18-30-28(34)35)16-22-7-4-5-8-23(22)17-29/h4-12,15,19,30H,13-14,16-18,20H2,1-3H3,(H,34,35). The Labute approximate surface area is 218 Å². The van der Waals surface area contributed by atoms with Crippen LogP contribution in [-0.2, 0) is 29.7 Å².